The van der Waals surface area contributed by atoms with E-state index in [0.29, 0.717) is 36.2 Å². The molecule has 1 rings (SSSR count). The van der Waals surface area contributed by atoms with Crippen LogP contribution >= 0.6 is 11.6 Å². The number of carbonyl (C=O) groups is 1. The Morgan fingerprint density at radius 1 is 1.56 bits per heavy atom. The monoisotopic (exact) mass is 243 g/mol. The highest BCUT2D eigenvalue weighted by Gasteiger charge is 2.04. The average Bonchev–Trinajstić information content (AvgIpc) is 2.25. The maximum absolute atomic E-state index is 11.2. The smallest absolute Gasteiger partial charge is 0.315 e. The lowest BCUT2D eigenvalue weighted by molar-refractivity contribution is 0.241. The molecule has 0 aliphatic carbocycles. The number of aryl methyl sites for hydroxylation is 1. The lowest BCUT2D eigenvalue weighted by atomic mass is 10.3. The number of anilines is 1. The molecule has 0 saturated carbocycles. The highest BCUT2D eigenvalue weighted by molar-refractivity contribution is 6.18. The number of amides is 2. The summed E-state index contributed by atoms with van der Waals surface area (Å²) in [5.74, 6) is 1.36. The van der Waals surface area contributed by atoms with E-state index in [1.807, 2.05) is 0 Å². The number of carbonyl (C=O) groups excluding carboxylic acids is 1. The molecular weight excluding hydrogens is 230 g/mol. The number of alkyl halides is 1. The highest BCUT2D eigenvalue weighted by Crippen LogP contribution is 2.05. The minimum atomic E-state index is -0.291. The Labute approximate surface area is 98.6 Å². The van der Waals surface area contributed by atoms with E-state index in [1.54, 1.807) is 13.1 Å². The highest BCUT2D eigenvalue weighted by atomic mass is 35.5. The largest absolute Gasteiger partial charge is 0.383 e. The van der Waals surface area contributed by atoms with Crippen LogP contribution in [-0.4, -0.2) is 28.4 Å². The molecule has 0 aliphatic rings. The Morgan fingerprint density at radius 2 is 2.31 bits per heavy atom. The van der Waals surface area contributed by atoms with Crippen LogP contribution in [0.25, 0.3) is 0 Å². The first-order valence-electron chi connectivity index (χ1n) is 4.79. The summed E-state index contributed by atoms with van der Waals surface area (Å²) >= 11 is 5.42. The van der Waals surface area contributed by atoms with Crippen LogP contribution in [0, 0.1) is 6.92 Å². The summed E-state index contributed by atoms with van der Waals surface area (Å²) in [5.41, 5.74) is 6.35. The van der Waals surface area contributed by atoms with Crippen LogP contribution in [0.15, 0.2) is 6.20 Å². The van der Waals surface area contributed by atoms with E-state index in [1.165, 1.54) is 0 Å². The molecular formula is C9H14ClN5O. The number of nitrogens with one attached hydrogen (secondary N) is 2. The zero-order valence-electron chi connectivity index (χ0n) is 8.96. The quantitative estimate of drug-likeness (QED) is 0.668. The van der Waals surface area contributed by atoms with Crippen LogP contribution in [0.2, 0.25) is 0 Å². The molecule has 2 amide bonds. The average molecular weight is 244 g/mol. The SMILES string of the molecule is Cc1ncc(CNC(=O)NCCCl)c(N)n1. The normalized spacial score (nSPS) is 9.88. The summed E-state index contributed by atoms with van der Waals surface area (Å²) in [6.45, 7) is 2.47. The number of halogens is 1. The molecule has 16 heavy (non-hydrogen) atoms. The van der Waals surface area contributed by atoms with Crippen molar-refractivity contribution >= 4 is 23.4 Å². The van der Waals surface area contributed by atoms with Gasteiger partial charge in [-0.25, -0.2) is 14.8 Å². The predicted octanol–water partition coefficient (Wildman–Crippen LogP) is 0.405. The number of nitrogens with zero attached hydrogens (tertiary/aromatic N) is 2. The summed E-state index contributed by atoms with van der Waals surface area (Å²) < 4.78 is 0. The van der Waals surface area contributed by atoms with Crippen molar-refractivity contribution in [3.05, 3.63) is 17.6 Å². The molecule has 0 saturated heterocycles. The second kappa shape index (κ2) is 6.12. The van der Waals surface area contributed by atoms with Gasteiger partial charge in [0.15, 0.2) is 0 Å². The fourth-order valence-corrected chi connectivity index (χ4v) is 1.14. The van der Waals surface area contributed by atoms with Crippen LogP contribution in [0.3, 0.4) is 0 Å². The molecule has 0 radical (unpaired) electrons. The summed E-state index contributed by atoms with van der Waals surface area (Å²) in [6, 6.07) is -0.291. The van der Waals surface area contributed by atoms with Gasteiger partial charge in [-0.1, -0.05) is 0 Å². The summed E-state index contributed by atoms with van der Waals surface area (Å²) in [4.78, 5) is 19.2. The number of urea groups is 1. The van der Waals surface area contributed by atoms with Gasteiger partial charge < -0.3 is 16.4 Å². The molecule has 1 aromatic rings. The van der Waals surface area contributed by atoms with Crippen molar-refractivity contribution in [2.24, 2.45) is 0 Å². The number of hydrogen-bond acceptors (Lipinski definition) is 4. The third-order valence-corrected chi connectivity index (χ3v) is 2.03. The Morgan fingerprint density at radius 3 is 2.94 bits per heavy atom. The van der Waals surface area contributed by atoms with Crippen molar-refractivity contribution in [1.29, 1.82) is 0 Å². The van der Waals surface area contributed by atoms with E-state index < -0.39 is 0 Å². The fraction of sp³-hybridized carbons (Fsp3) is 0.444. The van der Waals surface area contributed by atoms with Crippen molar-refractivity contribution < 1.29 is 4.79 Å². The molecule has 0 spiro atoms. The predicted molar refractivity (Wildman–Crippen MR) is 62.1 cm³/mol. The Balaban J connectivity index is 2.45. The molecule has 0 aromatic carbocycles. The molecule has 0 atom stereocenters. The van der Waals surface area contributed by atoms with E-state index in [4.69, 9.17) is 17.3 Å². The first-order chi connectivity index (χ1) is 7.63. The van der Waals surface area contributed by atoms with Gasteiger partial charge in [-0.3, -0.25) is 0 Å². The first kappa shape index (κ1) is 12.5. The lowest BCUT2D eigenvalue weighted by Gasteiger charge is -2.07. The lowest BCUT2D eigenvalue weighted by Crippen LogP contribution is -2.36. The molecule has 1 heterocycles. The van der Waals surface area contributed by atoms with Gasteiger partial charge in [0.05, 0.1) is 0 Å². The fourth-order valence-electron chi connectivity index (χ4n) is 1.05. The zero-order chi connectivity index (χ0) is 12.0. The van der Waals surface area contributed by atoms with Crippen LogP contribution in [0.5, 0.6) is 0 Å². The zero-order valence-corrected chi connectivity index (χ0v) is 9.71. The standard InChI is InChI=1S/C9H14ClN5O/c1-6-13-4-7(8(11)15-6)5-14-9(16)12-3-2-10/h4H,2-3,5H2,1H3,(H2,11,13,15)(H2,12,14,16). The number of rotatable bonds is 4. The molecule has 0 bridgehead atoms. The van der Waals surface area contributed by atoms with Crippen LogP contribution < -0.4 is 16.4 Å². The molecule has 0 unspecified atom stereocenters. The van der Waals surface area contributed by atoms with Gasteiger partial charge in [-0.05, 0) is 6.92 Å². The van der Waals surface area contributed by atoms with Gasteiger partial charge in [-0.2, -0.15) is 0 Å². The topological polar surface area (TPSA) is 92.9 Å². The second-order valence-corrected chi connectivity index (χ2v) is 3.50. The Bertz CT molecular complexity index is 371. The maximum atomic E-state index is 11.2. The van der Waals surface area contributed by atoms with E-state index in [0.717, 1.165) is 0 Å². The van der Waals surface area contributed by atoms with Crippen molar-refractivity contribution in [1.82, 2.24) is 20.6 Å². The van der Waals surface area contributed by atoms with E-state index in [2.05, 4.69) is 20.6 Å². The maximum Gasteiger partial charge on any atom is 0.315 e. The van der Waals surface area contributed by atoms with Crippen LogP contribution in [0.1, 0.15) is 11.4 Å². The summed E-state index contributed by atoms with van der Waals surface area (Å²) in [6.07, 6.45) is 1.60. The molecule has 7 heteroatoms. The van der Waals surface area contributed by atoms with Crippen LogP contribution in [-0.2, 0) is 6.54 Å². The Hall–Kier alpha value is -1.56. The minimum Gasteiger partial charge on any atom is -0.383 e. The summed E-state index contributed by atoms with van der Waals surface area (Å²) in [7, 11) is 0. The van der Waals surface area contributed by atoms with Crippen molar-refractivity contribution in [2.45, 2.75) is 13.5 Å². The van der Waals surface area contributed by atoms with Crippen molar-refractivity contribution in [3.63, 3.8) is 0 Å². The van der Waals surface area contributed by atoms with E-state index in [9.17, 15) is 4.79 Å². The van der Waals surface area contributed by atoms with Gasteiger partial charge in [-0.15, -0.1) is 11.6 Å². The molecule has 0 fully saturated rings. The van der Waals surface area contributed by atoms with E-state index >= 15 is 0 Å². The van der Waals surface area contributed by atoms with Gasteiger partial charge in [0.25, 0.3) is 0 Å². The molecule has 1 aromatic heterocycles. The number of nitrogens with two attached hydrogens (primary N) is 1. The van der Waals surface area contributed by atoms with Gasteiger partial charge >= 0.3 is 6.03 Å². The number of nitrogen functional groups attached to an aromatic ring is 1. The van der Waals surface area contributed by atoms with Crippen molar-refractivity contribution in [3.8, 4) is 0 Å². The number of aromatic nitrogens is 2. The van der Waals surface area contributed by atoms with Crippen molar-refractivity contribution in [2.75, 3.05) is 18.2 Å². The molecule has 88 valence electrons. The first-order valence-corrected chi connectivity index (χ1v) is 5.32. The van der Waals surface area contributed by atoms with Gasteiger partial charge in [0.1, 0.15) is 11.6 Å². The van der Waals surface area contributed by atoms with Gasteiger partial charge in [0, 0.05) is 30.7 Å². The van der Waals surface area contributed by atoms with Gasteiger partial charge in [0.2, 0.25) is 0 Å². The molecule has 4 N–H and O–H groups in total. The third-order valence-electron chi connectivity index (χ3n) is 1.84. The second-order valence-electron chi connectivity index (χ2n) is 3.13. The third kappa shape index (κ3) is 3.90. The van der Waals surface area contributed by atoms with Crippen LogP contribution in [0.4, 0.5) is 10.6 Å². The summed E-state index contributed by atoms with van der Waals surface area (Å²) in [5, 5.41) is 5.20. The molecule has 0 aliphatic heterocycles. The minimum absolute atomic E-state index is 0.291. The number of hydrogen-bond donors (Lipinski definition) is 3. The molecule has 6 nitrogen and oxygen atoms in total. The Kier molecular flexibility index (Phi) is 4.78. The van der Waals surface area contributed by atoms with E-state index in [-0.39, 0.29) is 6.03 Å².